The second kappa shape index (κ2) is 13.6. The monoisotopic (exact) mass is 550 g/mol. The van der Waals surface area contributed by atoms with Gasteiger partial charge in [0.2, 0.25) is 0 Å². The van der Waals surface area contributed by atoms with Crippen LogP contribution in [-0.2, 0) is 13.0 Å². The largest absolute Gasteiger partial charge is 0.493 e. The van der Waals surface area contributed by atoms with Gasteiger partial charge in [-0.3, -0.25) is 4.99 Å². The van der Waals surface area contributed by atoms with Gasteiger partial charge in [0.15, 0.2) is 23.3 Å². The van der Waals surface area contributed by atoms with E-state index in [2.05, 4.69) is 37.8 Å². The Balaban J connectivity index is 0.00000363. The lowest BCUT2D eigenvalue weighted by molar-refractivity contribution is 0.310. The van der Waals surface area contributed by atoms with Crippen LogP contribution in [0.25, 0.3) is 5.82 Å². The topological polar surface area (TPSA) is 85.6 Å². The molecule has 32 heavy (non-hydrogen) atoms. The minimum atomic E-state index is 0. The van der Waals surface area contributed by atoms with Crippen molar-refractivity contribution >= 4 is 29.9 Å². The van der Waals surface area contributed by atoms with Crippen molar-refractivity contribution < 1.29 is 9.47 Å². The smallest absolute Gasteiger partial charge is 0.191 e. The van der Waals surface area contributed by atoms with Crippen LogP contribution in [0.5, 0.6) is 11.5 Å². The van der Waals surface area contributed by atoms with E-state index in [9.17, 15) is 0 Å². The molecule has 2 N–H and O–H groups in total. The second-order valence-corrected chi connectivity index (χ2v) is 6.85. The van der Waals surface area contributed by atoms with Gasteiger partial charge in [0, 0.05) is 38.7 Å². The summed E-state index contributed by atoms with van der Waals surface area (Å²) in [5.74, 6) is 3.11. The van der Waals surface area contributed by atoms with Crippen LogP contribution in [0.3, 0.4) is 0 Å². The third kappa shape index (κ3) is 7.40. The van der Waals surface area contributed by atoms with Crippen LogP contribution in [0, 0.1) is 0 Å². The normalized spacial score (nSPS) is 10.9. The summed E-state index contributed by atoms with van der Waals surface area (Å²) in [6.45, 7) is 4.04. The number of nitrogens with one attached hydrogen (secondary N) is 2. The Morgan fingerprint density at radius 3 is 2.69 bits per heavy atom. The predicted molar refractivity (Wildman–Crippen MR) is 137 cm³/mol. The lowest BCUT2D eigenvalue weighted by Gasteiger charge is -2.13. The van der Waals surface area contributed by atoms with Gasteiger partial charge in [0.05, 0.1) is 13.7 Å². The quantitative estimate of drug-likeness (QED) is 0.174. The average molecular weight is 550 g/mol. The Labute approximate surface area is 206 Å². The summed E-state index contributed by atoms with van der Waals surface area (Å²) in [7, 11) is 3.43. The molecule has 2 aromatic heterocycles. The van der Waals surface area contributed by atoms with Gasteiger partial charge in [-0.2, -0.15) is 5.10 Å². The molecule has 0 aliphatic carbocycles. The maximum absolute atomic E-state index is 5.66. The number of hydrogen-bond acceptors (Lipinski definition) is 5. The number of aromatic nitrogens is 3. The summed E-state index contributed by atoms with van der Waals surface area (Å²) in [5, 5.41) is 10.9. The third-order valence-corrected chi connectivity index (χ3v) is 4.70. The van der Waals surface area contributed by atoms with Gasteiger partial charge in [-0.15, -0.1) is 24.0 Å². The SMILES string of the molecule is CCOc1cc(CCCNC(=NC)NCc2ccnc(-n3cccn3)c2)ccc1OC.I. The molecule has 1 aromatic carbocycles. The van der Waals surface area contributed by atoms with Crippen molar-refractivity contribution in [1.29, 1.82) is 0 Å². The molecular formula is C23H31IN6O2. The summed E-state index contributed by atoms with van der Waals surface area (Å²) >= 11 is 0. The van der Waals surface area contributed by atoms with E-state index in [1.807, 2.05) is 37.4 Å². The molecule has 0 spiro atoms. The van der Waals surface area contributed by atoms with E-state index in [0.29, 0.717) is 13.2 Å². The number of ether oxygens (including phenoxy) is 2. The first-order valence-electron chi connectivity index (χ1n) is 10.4. The Morgan fingerprint density at radius 1 is 1.09 bits per heavy atom. The summed E-state index contributed by atoms with van der Waals surface area (Å²) < 4.78 is 12.7. The van der Waals surface area contributed by atoms with E-state index in [-0.39, 0.29) is 24.0 Å². The maximum Gasteiger partial charge on any atom is 0.191 e. The van der Waals surface area contributed by atoms with E-state index >= 15 is 0 Å². The van der Waals surface area contributed by atoms with Crippen LogP contribution in [0.15, 0.2) is 60.0 Å². The molecule has 0 radical (unpaired) electrons. The van der Waals surface area contributed by atoms with E-state index in [1.165, 1.54) is 5.56 Å². The fourth-order valence-corrected chi connectivity index (χ4v) is 3.15. The molecule has 9 heteroatoms. The van der Waals surface area contributed by atoms with Crippen LogP contribution in [-0.4, -0.2) is 48.0 Å². The molecule has 0 amide bonds. The van der Waals surface area contributed by atoms with Crippen molar-refractivity contribution in [2.75, 3.05) is 27.3 Å². The molecule has 0 atom stereocenters. The second-order valence-electron chi connectivity index (χ2n) is 6.85. The zero-order valence-corrected chi connectivity index (χ0v) is 21.1. The maximum atomic E-state index is 5.66. The molecule has 8 nitrogen and oxygen atoms in total. The number of benzene rings is 1. The number of guanidine groups is 1. The third-order valence-electron chi connectivity index (χ3n) is 4.70. The first kappa shape index (κ1) is 25.4. The summed E-state index contributed by atoms with van der Waals surface area (Å²) in [4.78, 5) is 8.66. The highest BCUT2D eigenvalue weighted by molar-refractivity contribution is 14.0. The van der Waals surface area contributed by atoms with Crippen molar-refractivity contribution in [3.63, 3.8) is 0 Å². The lowest BCUT2D eigenvalue weighted by atomic mass is 10.1. The van der Waals surface area contributed by atoms with Crippen molar-refractivity contribution in [3.8, 4) is 17.3 Å². The number of halogens is 1. The number of aryl methyl sites for hydroxylation is 1. The number of nitrogens with zero attached hydrogens (tertiary/aromatic N) is 4. The highest BCUT2D eigenvalue weighted by Crippen LogP contribution is 2.28. The first-order chi connectivity index (χ1) is 15.2. The molecule has 0 aliphatic heterocycles. The summed E-state index contributed by atoms with van der Waals surface area (Å²) in [5.41, 5.74) is 2.32. The highest BCUT2D eigenvalue weighted by atomic mass is 127. The standard InChI is InChI=1S/C23H30N6O2.HI/c1-4-31-21-15-18(8-9-20(21)30-3)7-5-11-26-23(24-2)27-17-19-10-13-25-22(16-19)29-14-6-12-28-29;/h6,8-10,12-16H,4-5,7,11,17H2,1-3H3,(H2,24,26,27);1H. The van der Waals surface area contributed by atoms with Crippen LogP contribution in [0.4, 0.5) is 0 Å². The molecule has 3 aromatic rings. The van der Waals surface area contributed by atoms with Gasteiger partial charge < -0.3 is 20.1 Å². The van der Waals surface area contributed by atoms with Gasteiger partial charge >= 0.3 is 0 Å². The van der Waals surface area contributed by atoms with Crippen molar-refractivity contribution in [1.82, 2.24) is 25.4 Å². The van der Waals surface area contributed by atoms with Crippen molar-refractivity contribution in [3.05, 3.63) is 66.1 Å². The number of rotatable bonds is 10. The van der Waals surface area contributed by atoms with Crippen LogP contribution in [0.2, 0.25) is 0 Å². The number of pyridine rings is 1. The molecule has 172 valence electrons. The molecule has 0 aliphatic rings. The van der Waals surface area contributed by atoms with Crippen molar-refractivity contribution in [2.24, 2.45) is 4.99 Å². The van der Waals surface area contributed by atoms with Crippen LogP contribution in [0.1, 0.15) is 24.5 Å². The summed E-state index contributed by atoms with van der Waals surface area (Å²) in [6, 6.07) is 12.0. The zero-order valence-electron chi connectivity index (χ0n) is 18.7. The fraction of sp³-hybridized carbons (Fsp3) is 0.348. The Hall–Kier alpha value is -2.82. The minimum Gasteiger partial charge on any atom is -0.493 e. The molecule has 2 heterocycles. The van der Waals surface area contributed by atoms with Gasteiger partial charge in [-0.25, -0.2) is 9.67 Å². The van der Waals surface area contributed by atoms with Crippen molar-refractivity contribution in [2.45, 2.75) is 26.3 Å². The molecular weight excluding hydrogens is 519 g/mol. The zero-order chi connectivity index (χ0) is 21.9. The van der Waals surface area contributed by atoms with Gasteiger partial charge in [0.25, 0.3) is 0 Å². The molecule has 0 saturated carbocycles. The number of aliphatic imine (C=N–C) groups is 1. The molecule has 0 bridgehead atoms. The number of hydrogen-bond donors (Lipinski definition) is 2. The Bertz CT molecular complexity index is 978. The average Bonchev–Trinajstić information content (AvgIpc) is 3.34. The van der Waals surface area contributed by atoms with Gasteiger partial charge in [-0.05, 0) is 61.2 Å². The van der Waals surface area contributed by atoms with Gasteiger partial charge in [-0.1, -0.05) is 6.07 Å². The highest BCUT2D eigenvalue weighted by Gasteiger charge is 2.06. The minimum absolute atomic E-state index is 0. The number of methoxy groups -OCH3 is 1. The van der Waals surface area contributed by atoms with E-state index in [1.54, 1.807) is 31.2 Å². The lowest BCUT2D eigenvalue weighted by Crippen LogP contribution is -2.37. The summed E-state index contributed by atoms with van der Waals surface area (Å²) in [6.07, 6.45) is 7.31. The molecule has 0 saturated heterocycles. The van der Waals surface area contributed by atoms with Crippen LogP contribution >= 0.6 is 24.0 Å². The van der Waals surface area contributed by atoms with Gasteiger partial charge in [0.1, 0.15) is 0 Å². The Morgan fingerprint density at radius 2 is 1.97 bits per heavy atom. The predicted octanol–water partition coefficient (Wildman–Crippen LogP) is 3.59. The van der Waals surface area contributed by atoms with Crippen LogP contribution < -0.4 is 20.1 Å². The molecule has 0 unspecified atom stereocenters. The van der Waals surface area contributed by atoms with E-state index in [0.717, 1.165) is 48.2 Å². The molecule has 0 fully saturated rings. The van der Waals surface area contributed by atoms with E-state index < -0.39 is 0 Å². The van der Waals surface area contributed by atoms with E-state index in [4.69, 9.17) is 9.47 Å². The molecule has 3 rings (SSSR count). The fourth-order valence-electron chi connectivity index (χ4n) is 3.15. The Kier molecular flexibility index (Phi) is 10.8. The first-order valence-corrected chi connectivity index (χ1v) is 10.4.